The van der Waals surface area contributed by atoms with E-state index in [0.29, 0.717) is 6.54 Å². The number of piperidine rings is 1. The molecule has 18 heavy (non-hydrogen) atoms. The van der Waals surface area contributed by atoms with E-state index in [-0.39, 0.29) is 29.2 Å². The van der Waals surface area contributed by atoms with Gasteiger partial charge < -0.3 is 10.2 Å². The van der Waals surface area contributed by atoms with Gasteiger partial charge in [-0.3, -0.25) is 9.59 Å². The molecule has 1 aliphatic rings. The molecule has 1 saturated heterocycles. The van der Waals surface area contributed by atoms with Gasteiger partial charge in [-0.2, -0.15) is 0 Å². The monoisotopic (exact) mass is 254 g/mol. The maximum absolute atomic E-state index is 12.6. The zero-order valence-corrected chi connectivity index (χ0v) is 12.2. The highest BCUT2D eigenvalue weighted by Gasteiger charge is 2.37. The average Bonchev–Trinajstić information content (AvgIpc) is 2.27. The summed E-state index contributed by atoms with van der Waals surface area (Å²) in [6.07, 6.45) is 2.84. The maximum Gasteiger partial charge on any atom is 0.240 e. The Balaban J connectivity index is 2.89. The second-order valence-corrected chi connectivity index (χ2v) is 6.24. The van der Waals surface area contributed by atoms with Crippen LogP contribution < -0.4 is 5.32 Å². The van der Waals surface area contributed by atoms with Crippen molar-refractivity contribution in [2.45, 2.75) is 59.0 Å². The molecule has 4 nitrogen and oxygen atoms in total. The zero-order valence-electron chi connectivity index (χ0n) is 12.2. The molecule has 4 heteroatoms. The van der Waals surface area contributed by atoms with Gasteiger partial charge in [0.1, 0.15) is 0 Å². The lowest BCUT2D eigenvalue weighted by Crippen LogP contribution is -2.57. The fourth-order valence-corrected chi connectivity index (χ4v) is 2.71. The Bertz CT molecular complexity index is 320. The van der Waals surface area contributed by atoms with Crippen LogP contribution in [0.3, 0.4) is 0 Å². The molecule has 0 bridgehead atoms. The molecule has 1 amide bonds. The van der Waals surface area contributed by atoms with Crippen LogP contribution in [0.15, 0.2) is 0 Å². The lowest BCUT2D eigenvalue weighted by atomic mass is 9.85. The number of carbonyl (C=O) groups is 2. The molecule has 2 unspecified atom stereocenters. The molecule has 0 radical (unpaired) electrons. The van der Waals surface area contributed by atoms with Crippen LogP contribution >= 0.6 is 0 Å². The van der Waals surface area contributed by atoms with Crippen molar-refractivity contribution in [3.63, 3.8) is 0 Å². The maximum atomic E-state index is 12.6. The van der Waals surface area contributed by atoms with E-state index in [1.807, 2.05) is 20.8 Å². The normalized spacial score (nSPS) is 22.7. The van der Waals surface area contributed by atoms with Crippen molar-refractivity contribution in [3.8, 4) is 0 Å². The quantitative estimate of drug-likeness (QED) is 0.832. The van der Waals surface area contributed by atoms with Crippen LogP contribution in [0.5, 0.6) is 0 Å². The van der Waals surface area contributed by atoms with Crippen molar-refractivity contribution in [2.24, 2.45) is 5.41 Å². The number of Topliss-reactive ketones (excluding diaryl/α,β-unsaturated/α-hetero) is 1. The molecular weight excluding hydrogens is 228 g/mol. The molecule has 0 aromatic carbocycles. The lowest BCUT2D eigenvalue weighted by molar-refractivity contribution is -0.144. The summed E-state index contributed by atoms with van der Waals surface area (Å²) in [5, 5.41) is 3.10. The topological polar surface area (TPSA) is 49.4 Å². The lowest BCUT2D eigenvalue weighted by Gasteiger charge is -2.39. The SMILES string of the molecule is CNC(C(=O)N1CCCCC1C(C)=O)C(C)(C)C. The van der Waals surface area contributed by atoms with Crippen LogP contribution in [-0.4, -0.2) is 42.3 Å². The van der Waals surface area contributed by atoms with Gasteiger partial charge in [-0.15, -0.1) is 0 Å². The molecule has 1 rings (SSSR count). The van der Waals surface area contributed by atoms with Crippen molar-refractivity contribution in [1.29, 1.82) is 0 Å². The number of likely N-dealkylation sites (tertiary alicyclic amines) is 1. The first-order chi connectivity index (χ1) is 8.29. The molecule has 0 spiro atoms. The highest BCUT2D eigenvalue weighted by molar-refractivity contribution is 5.90. The summed E-state index contributed by atoms with van der Waals surface area (Å²) in [5.41, 5.74) is -0.148. The van der Waals surface area contributed by atoms with Crippen LogP contribution in [0.1, 0.15) is 47.0 Å². The van der Waals surface area contributed by atoms with E-state index >= 15 is 0 Å². The number of carbonyl (C=O) groups excluding carboxylic acids is 2. The molecule has 0 aromatic rings. The van der Waals surface area contributed by atoms with Gasteiger partial charge in [-0.05, 0) is 38.6 Å². The van der Waals surface area contributed by atoms with Gasteiger partial charge in [0.25, 0.3) is 0 Å². The molecule has 1 fully saturated rings. The van der Waals surface area contributed by atoms with Crippen LogP contribution in [0.4, 0.5) is 0 Å². The average molecular weight is 254 g/mol. The third-order valence-corrected chi connectivity index (χ3v) is 3.66. The number of nitrogens with one attached hydrogen (secondary N) is 1. The fraction of sp³-hybridized carbons (Fsp3) is 0.857. The van der Waals surface area contributed by atoms with Crippen LogP contribution in [0.25, 0.3) is 0 Å². The summed E-state index contributed by atoms with van der Waals surface area (Å²) < 4.78 is 0. The number of amides is 1. The first-order valence-electron chi connectivity index (χ1n) is 6.77. The number of rotatable bonds is 3. The summed E-state index contributed by atoms with van der Waals surface area (Å²) in [7, 11) is 1.81. The molecular formula is C14H26N2O2. The molecule has 2 atom stereocenters. The minimum absolute atomic E-state index is 0.0601. The van der Waals surface area contributed by atoms with Crippen molar-refractivity contribution in [2.75, 3.05) is 13.6 Å². The molecule has 1 heterocycles. The van der Waals surface area contributed by atoms with Gasteiger partial charge in [-0.25, -0.2) is 0 Å². The standard InChI is InChI=1S/C14H26N2O2/c1-10(17)11-8-6-7-9-16(11)13(18)12(15-5)14(2,3)4/h11-12,15H,6-9H2,1-5H3. The summed E-state index contributed by atoms with van der Waals surface area (Å²) >= 11 is 0. The Kier molecular flexibility index (Phi) is 4.91. The van der Waals surface area contributed by atoms with E-state index in [1.54, 1.807) is 18.9 Å². The van der Waals surface area contributed by atoms with E-state index in [1.165, 1.54) is 0 Å². The number of hydrogen-bond acceptors (Lipinski definition) is 3. The molecule has 0 aromatic heterocycles. The first-order valence-corrected chi connectivity index (χ1v) is 6.77. The van der Waals surface area contributed by atoms with Gasteiger partial charge in [0.05, 0.1) is 12.1 Å². The summed E-state index contributed by atoms with van der Waals surface area (Å²) in [6, 6.07) is -0.457. The number of nitrogens with zero attached hydrogens (tertiary/aromatic N) is 1. The van der Waals surface area contributed by atoms with E-state index in [2.05, 4.69) is 5.32 Å². The number of likely N-dealkylation sites (N-methyl/N-ethyl adjacent to an activating group) is 1. The van der Waals surface area contributed by atoms with E-state index in [9.17, 15) is 9.59 Å². The van der Waals surface area contributed by atoms with Crippen LogP contribution in [0, 0.1) is 5.41 Å². The second-order valence-electron chi connectivity index (χ2n) is 6.24. The van der Waals surface area contributed by atoms with Crippen molar-refractivity contribution < 1.29 is 9.59 Å². The smallest absolute Gasteiger partial charge is 0.240 e. The minimum atomic E-state index is -0.238. The number of ketones is 1. The zero-order chi connectivity index (χ0) is 13.9. The Hall–Kier alpha value is -0.900. The van der Waals surface area contributed by atoms with Gasteiger partial charge in [0, 0.05) is 6.54 Å². The van der Waals surface area contributed by atoms with Gasteiger partial charge in [-0.1, -0.05) is 20.8 Å². The van der Waals surface area contributed by atoms with Gasteiger partial charge in [0.15, 0.2) is 5.78 Å². The minimum Gasteiger partial charge on any atom is -0.331 e. The molecule has 104 valence electrons. The van der Waals surface area contributed by atoms with Crippen LogP contribution in [0.2, 0.25) is 0 Å². The second kappa shape index (κ2) is 5.83. The van der Waals surface area contributed by atoms with Crippen molar-refractivity contribution in [1.82, 2.24) is 10.2 Å². The molecule has 0 aliphatic carbocycles. The summed E-state index contributed by atoms with van der Waals surface area (Å²) in [4.78, 5) is 26.0. The fourth-order valence-electron chi connectivity index (χ4n) is 2.71. The predicted molar refractivity (Wildman–Crippen MR) is 72.3 cm³/mol. The van der Waals surface area contributed by atoms with Crippen LogP contribution in [-0.2, 0) is 9.59 Å². The van der Waals surface area contributed by atoms with Gasteiger partial charge >= 0.3 is 0 Å². The summed E-state index contributed by atoms with van der Waals surface area (Å²) in [5.74, 6) is 0.164. The Labute approximate surface area is 110 Å². The molecule has 1 N–H and O–H groups in total. The van der Waals surface area contributed by atoms with E-state index in [4.69, 9.17) is 0 Å². The Morgan fingerprint density at radius 1 is 1.28 bits per heavy atom. The van der Waals surface area contributed by atoms with Crippen molar-refractivity contribution >= 4 is 11.7 Å². The molecule has 1 aliphatic heterocycles. The predicted octanol–water partition coefficient (Wildman–Crippen LogP) is 1.59. The molecule has 0 saturated carbocycles. The number of hydrogen-bond donors (Lipinski definition) is 1. The van der Waals surface area contributed by atoms with Crippen molar-refractivity contribution in [3.05, 3.63) is 0 Å². The first kappa shape index (κ1) is 15.2. The summed E-state index contributed by atoms with van der Waals surface area (Å²) in [6.45, 7) is 8.41. The third-order valence-electron chi connectivity index (χ3n) is 3.66. The third kappa shape index (κ3) is 3.31. The highest BCUT2D eigenvalue weighted by atomic mass is 16.2. The van der Waals surface area contributed by atoms with Gasteiger partial charge in [0.2, 0.25) is 5.91 Å². The Morgan fingerprint density at radius 2 is 1.89 bits per heavy atom. The van der Waals surface area contributed by atoms with E-state index < -0.39 is 0 Å². The Morgan fingerprint density at radius 3 is 2.33 bits per heavy atom. The largest absolute Gasteiger partial charge is 0.331 e. The highest BCUT2D eigenvalue weighted by Crippen LogP contribution is 2.25. The van der Waals surface area contributed by atoms with E-state index in [0.717, 1.165) is 19.3 Å².